The molecule has 3 unspecified atom stereocenters. The van der Waals surface area contributed by atoms with Crippen LogP contribution >= 0.6 is 0 Å². The summed E-state index contributed by atoms with van der Waals surface area (Å²) in [5.41, 5.74) is 3.40. The molecule has 1 N–H and O–H groups in total. The highest BCUT2D eigenvalue weighted by Gasteiger charge is 2.46. The van der Waals surface area contributed by atoms with Crippen molar-refractivity contribution in [3.63, 3.8) is 0 Å². The minimum Gasteiger partial charge on any atom is -0.488 e. The number of hydrogen-bond donors (Lipinski definition) is 1. The number of piperidine rings is 1. The molecule has 0 aromatic heterocycles. The molecule has 2 aliphatic heterocycles. The quantitative estimate of drug-likeness (QED) is 0.326. The third-order valence-electron chi connectivity index (χ3n) is 7.46. The van der Waals surface area contributed by atoms with Gasteiger partial charge < -0.3 is 14.8 Å². The molecule has 0 spiro atoms. The molecule has 178 valence electrons. The van der Waals surface area contributed by atoms with E-state index in [2.05, 4.69) is 47.8 Å². The molecule has 3 nitrogen and oxygen atoms in total. The molecule has 2 aliphatic rings. The van der Waals surface area contributed by atoms with Gasteiger partial charge in [0.2, 0.25) is 0 Å². The summed E-state index contributed by atoms with van der Waals surface area (Å²) < 4.78 is 26.5. The number of benzene rings is 4. The van der Waals surface area contributed by atoms with E-state index in [-0.39, 0.29) is 17.8 Å². The number of hydrogen-bond acceptors (Lipinski definition) is 3. The van der Waals surface area contributed by atoms with Crippen molar-refractivity contribution in [3.8, 4) is 5.75 Å². The number of halogens is 1. The molecule has 0 radical (unpaired) electrons. The fraction of sp³-hybridized carbons (Fsp3) is 0.290. The lowest BCUT2D eigenvalue weighted by molar-refractivity contribution is 0.0217. The van der Waals surface area contributed by atoms with Crippen LogP contribution in [0.4, 0.5) is 4.39 Å². The van der Waals surface area contributed by atoms with E-state index in [0.29, 0.717) is 25.3 Å². The predicted octanol–water partition coefficient (Wildman–Crippen LogP) is 6.75. The van der Waals surface area contributed by atoms with Crippen LogP contribution < -0.4 is 10.1 Å². The molecule has 6 rings (SSSR count). The zero-order valence-electron chi connectivity index (χ0n) is 19.7. The first kappa shape index (κ1) is 22.3. The van der Waals surface area contributed by atoms with Gasteiger partial charge in [-0.2, -0.15) is 0 Å². The van der Waals surface area contributed by atoms with Crippen LogP contribution in [0.15, 0.2) is 91.0 Å². The number of nitrogens with one attached hydrogen (secondary N) is 1. The second kappa shape index (κ2) is 9.80. The maximum Gasteiger partial charge on any atom is 0.127 e. The van der Waals surface area contributed by atoms with Crippen LogP contribution in [0, 0.1) is 5.82 Å². The third kappa shape index (κ3) is 4.69. The highest BCUT2D eigenvalue weighted by molar-refractivity contribution is 5.89. The minimum atomic E-state index is -0.195. The fourth-order valence-corrected chi connectivity index (χ4v) is 5.81. The Morgan fingerprint density at radius 1 is 0.771 bits per heavy atom. The van der Waals surface area contributed by atoms with Crippen LogP contribution in [-0.2, 0) is 18.0 Å². The molecule has 4 heteroatoms. The molecular formula is C31H30FNO2. The van der Waals surface area contributed by atoms with Gasteiger partial charge in [-0.3, -0.25) is 0 Å². The molecular weight excluding hydrogens is 437 g/mol. The first-order valence-electron chi connectivity index (χ1n) is 12.6. The van der Waals surface area contributed by atoms with E-state index in [1.807, 2.05) is 36.4 Å². The Hall–Kier alpha value is -3.21. The molecule has 0 aliphatic carbocycles. The zero-order valence-corrected chi connectivity index (χ0v) is 19.7. The van der Waals surface area contributed by atoms with Crippen LogP contribution in [0.2, 0.25) is 0 Å². The summed E-state index contributed by atoms with van der Waals surface area (Å²) in [5, 5.41) is 6.03. The van der Waals surface area contributed by atoms with Gasteiger partial charge in [0.1, 0.15) is 18.2 Å². The predicted molar refractivity (Wildman–Crippen MR) is 137 cm³/mol. The molecule has 0 saturated carbocycles. The Kier molecular flexibility index (Phi) is 6.24. The Labute approximate surface area is 205 Å². The normalized spacial score (nSPS) is 23.5. The molecule has 4 aromatic carbocycles. The van der Waals surface area contributed by atoms with E-state index in [1.165, 1.54) is 6.42 Å². The van der Waals surface area contributed by atoms with E-state index in [0.717, 1.165) is 46.1 Å². The van der Waals surface area contributed by atoms with Crippen molar-refractivity contribution < 1.29 is 13.9 Å². The van der Waals surface area contributed by atoms with Gasteiger partial charge in [-0.1, -0.05) is 73.2 Å². The van der Waals surface area contributed by atoms with Crippen LogP contribution in [0.5, 0.6) is 5.75 Å². The van der Waals surface area contributed by atoms with Crippen LogP contribution in [-0.4, -0.2) is 18.2 Å². The van der Waals surface area contributed by atoms with E-state index >= 15 is 0 Å². The first-order valence-corrected chi connectivity index (χ1v) is 12.6. The van der Waals surface area contributed by atoms with Gasteiger partial charge in [0.25, 0.3) is 0 Å². The molecule has 4 atom stereocenters. The summed E-state index contributed by atoms with van der Waals surface area (Å²) >= 11 is 0. The lowest BCUT2D eigenvalue weighted by atomic mass is 9.88. The Morgan fingerprint density at radius 2 is 1.54 bits per heavy atom. The number of fused-ring (bicyclic) bond motifs is 3. The van der Waals surface area contributed by atoms with Crippen LogP contribution in [0.3, 0.4) is 0 Å². The summed E-state index contributed by atoms with van der Waals surface area (Å²) in [7, 11) is 0. The second-order valence-corrected chi connectivity index (χ2v) is 9.75. The van der Waals surface area contributed by atoms with Gasteiger partial charge in [0.05, 0.1) is 12.7 Å². The van der Waals surface area contributed by atoms with E-state index in [1.54, 1.807) is 12.1 Å². The third-order valence-corrected chi connectivity index (χ3v) is 7.46. The lowest BCUT2D eigenvalue weighted by Crippen LogP contribution is -2.37. The topological polar surface area (TPSA) is 30.5 Å². The van der Waals surface area contributed by atoms with Crippen molar-refractivity contribution in [3.05, 3.63) is 114 Å². The highest BCUT2D eigenvalue weighted by Crippen LogP contribution is 2.41. The lowest BCUT2D eigenvalue weighted by Gasteiger charge is -2.24. The number of ether oxygens (including phenoxy) is 2. The highest BCUT2D eigenvalue weighted by atomic mass is 19.1. The minimum absolute atomic E-state index is 0.0631. The van der Waals surface area contributed by atoms with E-state index < -0.39 is 0 Å². The summed E-state index contributed by atoms with van der Waals surface area (Å²) in [6.45, 7) is 1.04. The van der Waals surface area contributed by atoms with Crippen molar-refractivity contribution in [1.29, 1.82) is 0 Å². The zero-order chi connectivity index (χ0) is 23.6. The SMILES string of the molecule is Fc1ccc(C2C(OCc3cc(OCc4ccccc4)c4ccccc4c3)C3CCC[C@@H]2N3)cc1. The smallest absolute Gasteiger partial charge is 0.127 e. The summed E-state index contributed by atoms with van der Waals surface area (Å²) in [6, 6.07) is 30.6. The summed E-state index contributed by atoms with van der Waals surface area (Å²) in [6.07, 6.45) is 3.51. The molecule has 0 amide bonds. The Bertz CT molecular complexity index is 1290. The molecule has 2 heterocycles. The van der Waals surface area contributed by atoms with Crippen molar-refractivity contribution in [2.24, 2.45) is 0 Å². The van der Waals surface area contributed by atoms with Gasteiger partial charge >= 0.3 is 0 Å². The molecule has 35 heavy (non-hydrogen) atoms. The van der Waals surface area contributed by atoms with Gasteiger partial charge in [-0.15, -0.1) is 0 Å². The van der Waals surface area contributed by atoms with Gasteiger partial charge in [-0.05, 0) is 59.2 Å². The second-order valence-electron chi connectivity index (χ2n) is 9.75. The van der Waals surface area contributed by atoms with Gasteiger partial charge in [0, 0.05) is 23.4 Å². The maximum absolute atomic E-state index is 13.6. The summed E-state index contributed by atoms with van der Waals surface area (Å²) in [5.74, 6) is 0.917. The van der Waals surface area contributed by atoms with Crippen LogP contribution in [0.25, 0.3) is 10.8 Å². The standard InChI is InChI=1S/C31H30FNO2/c32-25-15-13-23(14-16-25)30-27-11-6-12-28(33-27)31(30)35-20-22-17-24-9-4-5-10-26(24)29(18-22)34-19-21-7-2-1-3-8-21/h1-5,7-10,13-18,27-28,30-31,33H,6,11-12,19-20H2/t27-,28?,30?,31?/m0/s1. The van der Waals surface area contributed by atoms with Crippen molar-refractivity contribution in [1.82, 2.24) is 5.32 Å². The number of rotatable bonds is 7. The average molecular weight is 468 g/mol. The fourth-order valence-electron chi connectivity index (χ4n) is 5.81. The molecule has 2 saturated heterocycles. The van der Waals surface area contributed by atoms with E-state index in [4.69, 9.17) is 9.47 Å². The van der Waals surface area contributed by atoms with Crippen molar-refractivity contribution >= 4 is 10.8 Å². The molecule has 4 aromatic rings. The van der Waals surface area contributed by atoms with Gasteiger partial charge in [0.15, 0.2) is 0 Å². The van der Waals surface area contributed by atoms with Crippen molar-refractivity contribution in [2.45, 2.75) is 56.6 Å². The maximum atomic E-state index is 13.6. The van der Waals surface area contributed by atoms with Crippen molar-refractivity contribution in [2.75, 3.05) is 0 Å². The van der Waals surface area contributed by atoms with E-state index in [9.17, 15) is 4.39 Å². The van der Waals surface area contributed by atoms with Gasteiger partial charge in [-0.25, -0.2) is 4.39 Å². The average Bonchev–Trinajstić information content (AvgIpc) is 3.15. The first-order chi connectivity index (χ1) is 17.2. The Balaban J connectivity index is 1.24. The van der Waals surface area contributed by atoms with Crippen LogP contribution in [0.1, 0.15) is 41.9 Å². The summed E-state index contributed by atoms with van der Waals surface area (Å²) in [4.78, 5) is 0. The largest absolute Gasteiger partial charge is 0.488 e. The Morgan fingerprint density at radius 3 is 2.40 bits per heavy atom. The monoisotopic (exact) mass is 467 g/mol. The molecule has 2 fully saturated rings. The molecule has 2 bridgehead atoms.